The Labute approximate surface area is 160 Å². The summed E-state index contributed by atoms with van der Waals surface area (Å²) in [5.74, 6) is 0.326. The van der Waals surface area contributed by atoms with Crippen molar-refractivity contribution in [1.29, 1.82) is 0 Å². The number of carbonyl (C=O) groups excluding carboxylic acids is 1. The molecule has 0 fully saturated rings. The fourth-order valence-corrected chi connectivity index (χ4v) is 3.51. The highest BCUT2D eigenvalue weighted by Crippen LogP contribution is 2.34. The highest BCUT2D eigenvalue weighted by atomic mass is 32.2. The SMILES string of the molecule is O=C(NCc1cccnc1)c1ccc(S(=O)(=O)Nc2ccc3c(c2)OCO3)o1. The lowest BCUT2D eigenvalue weighted by molar-refractivity contribution is 0.0918. The molecule has 3 aromatic rings. The highest BCUT2D eigenvalue weighted by molar-refractivity contribution is 7.92. The summed E-state index contributed by atoms with van der Waals surface area (Å²) in [6.45, 7) is 0.326. The standard InChI is InChI=1S/C18H15N3O6S/c22-18(20-10-12-2-1-7-19-9-12)15-5-6-17(27-15)28(23,24)21-13-3-4-14-16(8-13)26-11-25-14/h1-9,21H,10-11H2,(H,20,22). The van der Waals surface area contributed by atoms with Crippen LogP contribution >= 0.6 is 0 Å². The van der Waals surface area contributed by atoms with Gasteiger partial charge >= 0.3 is 0 Å². The third-order valence-corrected chi connectivity index (χ3v) is 5.12. The van der Waals surface area contributed by atoms with Crippen LogP contribution in [0.5, 0.6) is 11.5 Å². The summed E-state index contributed by atoms with van der Waals surface area (Å²) in [7, 11) is -4.01. The smallest absolute Gasteiger partial charge is 0.295 e. The number of nitrogens with zero attached hydrogens (tertiary/aromatic N) is 1. The number of carbonyl (C=O) groups is 1. The van der Waals surface area contributed by atoms with E-state index >= 15 is 0 Å². The van der Waals surface area contributed by atoms with Gasteiger partial charge in [-0.3, -0.25) is 14.5 Å². The Bertz CT molecular complexity index is 1110. The van der Waals surface area contributed by atoms with Gasteiger partial charge in [0.2, 0.25) is 11.9 Å². The summed E-state index contributed by atoms with van der Waals surface area (Å²) in [6, 6.07) is 10.7. The first kappa shape index (κ1) is 17.9. The van der Waals surface area contributed by atoms with Crippen molar-refractivity contribution >= 4 is 21.6 Å². The molecule has 0 spiro atoms. The average Bonchev–Trinajstić information content (AvgIpc) is 3.36. The first-order valence-corrected chi connectivity index (χ1v) is 9.69. The number of pyridine rings is 1. The first-order valence-electron chi connectivity index (χ1n) is 8.21. The molecule has 2 N–H and O–H groups in total. The zero-order valence-corrected chi connectivity index (χ0v) is 15.2. The molecule has 0 radical (unpaired) electrons. The van der Waals surface area contributed by atoms with E-state index in [-0.39, 0.29) is 29.9 Å². The van der Waals surface area contributed by atoms with Crippen molar-refractivity contribution in [3.05, 3.63) is 66.2 Å². The number of hydrogen-bond acceptors (Lipinski definition) is 7. The van der Waals surface area contributed by atoms with Crippen LogP contribution in [-0.2, 0) is 16.6 Å². The van der Waals surface area contributed by atoms with Gasteiger partial charge < -0.3 is 19.2 Å². The predicted octanol–water partition coefficient (Wildman–Crippen LogP) is 2.13. The molecule has 144 valence electrons. The van der Waals surface area contributed by atoms with Gasteiger partial charge in [-0.1, -0.05) is 6.07 Å². The Morgan fingerprint density at radius 2 is 1.96 bits per heavy atom. The summed E-state index contributed by atoms with van der Waals surface area (Å²) < 4.78 is 43.0. The van der Waals surface area contributed by atoms with E-state index in [1.165, 1.54) is 24.3 Å². The van der Waals surface area contributed by atoms with Crippen LogP contribution in [0.3, 0.4) is 0 Å². The minimum Gasteiger partial charge on any atom is -0.454 e. The lowest BCUT2D eigenvalue weighted by atomic mass is 10.3. The number of aromatic nitrogens is 1. The summed E-state index contributed by atoms with van der Waals surface area (Å²) in [5, 5.41) is 2.26. The number of sulfonamides is 1. The molecule has 10 heteroatoms. The number of ether oxygens (including phenoxy) is 2. The second kappa shape index (κ2) is 7.24. The van der Waals surface area contributed by atoms with Gasteiger partial charge in [0.1, 0.15) is 0 Å². The van der Waals surface area contributed by atoms with Crippen LogP contribution in [-0.4, -0.2) is 26.1 Å². The number of hydrogen-bond donors (Lipinski definition) is 2. The van der Waals surface area contributed by atoms with E-state index in [1.807, 2.05) is 0 Å². The van der Waals surface area contributed by atoms with Crippen LogP contribution in [0, 0.1) is 0 Å². The second-order valence-electron chi connectivity index (χ2n) is 5.84. The predicted molar refractivity (Wildman–Crippen MR) is 97.5 cm³/mol. The van der Waals surface area contributed by atoms with Crippen molar-refractivity contribution in [2.75, 3.05) is 11.5 Å². The molecular weight excluding hydrogens is 386 g/mol. The Hall–Kier alpha value is -3.53. The van der Waals surface area contributed by atoms with Crippen LogP contribution < -0.4 is 19.5 Å². The summed E-state index contributed by atoms with van der Waals surface area (Å²) >= 11 is 0. The third kappa shape index (κ3) is 3.76. The fourth-order valence-electron chi connectivity index (χ4n) is 2.52. The number of anilines is 1. The average molecular weight is 401 g/mol. The Morgan fingerprint density at radius 3 is 2.79 bits per heavy atom. The van der Waals surface area contributed by atoms with E-state index in [0.29, 0.717) is 11.5 Å². The normalized spacial score (nSPS) is 12.6. The van der Waals surface area contributed by atoms with Crippen molar-refractivity contribution < 1.29 is 27.1 Å². The quantitative estimate of drug-likeness (QED) is 0.649. The van der Waals surface area contributed by atoms with E-state index in [4.69, 9.17) is 13.9 Å². The van der Waals surface area contributed by atoms with E-state index < -0.39 is 15.9 Å². The van der Waals surface area contributed by atoms with Gasteiger partial charge in [0, 0.05) is 25.0 Å². The van der Waals surface area contributed by atoms with Crippen LogP contribution in [0.25, 0.3) is 0 Å². The lowest BCUT2D eigenvalue weighted by Crippen LogP contribution is -2.22. The molecule has 1 amide bonds. The molecule has 28 heavy (non-hydrogen) atoms. The molecule has 0 aliphatic carbocycles. The molecule has 3 heterocycles. The minimum atomic E-state index is -4.01. The Morgan fingerprint density at radius 1 is 1.11 bits per heavy atom. The molecule has 4 rings (SSSR count). The van der Waals surface area contributed by atoms with Crippen molar-refractivity contribution in [2.45, 2.75) is 11.6 Å². The maximum absolute atomic E-state index is 12.5. The second-order valence-corrected chi connectivity index (χ2v) is 7.45. The van der Waals surface area contributed by atoms with E-state index in [0.717, 1.165) is 5.56 Å². The zero-order valence-electron chi connectivity index (χ0n) is 14.4. The Balaban J connectivity index is 1.44. The minimum absolute atomic E-state index is 0.0846. The number of amides is 1. The number of rotatable bonds is 6. The highest BCUT2D eigenvalue weighted by Gasteiger charge is 2.22. The maximum Gasteiger partial charge on any atom is 0.295 e. The zero-order chi connectivity index (χ0) is 19.6. The number of benzene rings is 1. The Kier molecular flexibility index (Phi) is 4.62. The molecule has 0 unspecified atom stereocenters. The summed E-state index contributed by atoms with van der Waals surface area (Å²) in [5.41, 5.74) is 1.09. The van der Waals surface area contributed by atoms with Gasteiger partial charge in [-0.25, -0.2) is 0 Å². The molecule has 0 bridgehead atoms. The van der Waals surface area contributed by atoms with Gasteiger partial charge in [0.25, 0.3) is 15.9 Å². The molecule has 2 aromatic heterocycles. The summed E-state index contributed by atoms with van der Waals surface area (Å²) in [4.78, 5) is 16.1. The van der Waals surface area contributed by atoms with Gasteiger partial charge in [0.05, 0.1) is 5.69 Å². The molecule has 0 saturated carbocycles. The van der Waals surface area contributed by atoms with Crippen LogP contribution in [0.15, 0.2) is 64.4 Å². The summed E-state index contributed by atoms with van der Waals surface area (Å²) in [6.07, 6.45) is 3.25. The van der Waals surface area contributed by atoms with Gasteiger partial charge in [-0.15, -0.1) is 0 Å². The van der Waals surface area contributed by atoms with Crippen molar-refractivity contribution in [1.82, 2.24) is 10.3 Å². The van der Waals surface area contributed by atoms with Crippen molar-refractivity contribution in [2.24, 2.45) is 0 Å². The first-order chi connectivity index (χ1) is 13.5. The number of furan rings is 1. The third-order valence-electron chi connectivity index (χ3n) is 3.87. The largest absolute Gasteiger partial charge is 0.454 e. The van der Waals surface area contributed by atoms with Crippen LogP contribution in [0.1, 0.15) is 16.1 Å². The van der Waals surface area contributed by atoms with E-state index in [2.05, 4.69) is 15.0 Å². The van der Waals surface area contributed by atoms with E-state index in [9.17, 15) is 13.2 Å². The topological polar surface area (TPSA) is 120 Å². The molecule has 1 aliphatic heterocycles. The van der Waals surface area contributed by atoms with Crippen LogP contribution in [0.4, 0.5) is 5.69 Å². The van der Waals surface area contributed by atoms with Gasteiger partial charge in [0.15, 0.2) is 17.3 Å². The van der Waals surface area contributed by atoms with Gasteiger partial charge in [-0.05, 0) is 35.9 Å². The van der Waals surface area contributed by atoms with Crippen molar-refractivity contribution in [3.63, 3.8) is 0 Å². The molecule has 0 atom stereocenters. The van der Waals surface area contributed by atoms with Crippen molar-refractivity contribution in [3.8, 4) is 11.5 Å². The fraction of sp³-hybridized carbons (Fsp3) is 0.111. The monoisotopic (exact) mass is 401 g/mol. The number of nitrogens with one attached hydrogen (secondary N) is 2. The molecule has 1 aliphatic rings. The molecule has 1 aromatic carbocycles. The maximum atomic E-state index is 12.5. The number of fused-ring (bicyclic) bond motifs is 1. The molecule has 9 nitrogen and oxygen atoms in total. The van der Waals surface area contributed by atoms with E-state index in [1.54, 1.807) is 30.6 Å². The van der Waals surface area contributed by atoms with Gasteiger partial charge in [-0.2, -0.15) is 8.42 Å². The lowest BCUT2D eigenvalue weighted by Gasteiger charge is -2.06. The van der Waals surface area contributed by atoms with Crippen LogP contribution in [0.2, 0.25) is 0 Å². The molecule has 0 saturated heterocycles. The molecular formula is C18H15N3O6S.